The van der Waals surface area contributed by atoms with Crippen molar-refractivity contribution in [2.75, 3.05) is 87.3 Å². The van der Waals surface area contributed by atoms with Gasteiger partial charge in [0.1, 0.15) is 23.9 Å². The van der Waals surface area contributed by atoms with Crippen LogP contribution >= 0.6 is 0 Å². The van der Waals surface area contributed by atoms with E-state index in [0.29, 0.717) is 94.3 Å². The van der Waals surface area contributed by atoms with E-state index < -0.39 is 73.5 Å². The van der Waals surface area contributed by atoms with Gasteiger partial charge in [0.15, 0.2) is 9.84 Å². The summed E-state index contributed by atoms with van der Waals surface area (Å²) in [5.41, 5.74) is 5.70. The summed E-state index contributed by atoms with van der Waals surface area (Å²) in [6.45, 7) is 24.9. The van der Waals surface area contributed by atoms with Crippen LogP contribution < -0.4 is 41.7 Å². The van der Waals surface area contributed by atoms with Crippen molar-refractivity contribution in [2.24, 2.45) is 17.8 Å². The Morgan fingerprint density at radius 1 is 0.546 bits per heavy atom. The molecule has 1 saturated heterocycles. The first-order valence-electron chi connectivity index (χ1n) is 34.5. The van der Waals surface area contributed by atoms with Gasteiger partial charge in [-0.25, -0.2) is 12.8 Å². The number of sulfone groups is 1. The minimum Gasteiger partial charge on any atom is -0.372 e. The number of amides is 8. The fourth-order valence-corrected chi connectivity index (χ4v) is 13.1. The molecule has 0 spiro atoms. The predicted molar refractivity (Wildman–Crippen MR) is 382 cm³/mol. The third kappa shape index (κ3) is 26.6. The smallest absolute Gasteiger partial charge is 0.363 e. The van der Waals surface area contributed by atoms with Crippen LogP contribution in [0.5, 0.6) is 0 Å². The molecule has 0 radical (unpaired) electrons. The standard InChI is InChI=1S/C71H106N10O14S2/c1-12-78(13-2)52-30-32-56-61(45-52)95-62-46-53(79(14-3)15-4)31-33-57(62)67(56)54-24-16-17-25-55(54)71(89)81-39-37-80(38-40-81)66(85)29-19-18-27-65(84)76-60(47-97(92,93)94)68(86)73-36-23-20-26-63(82)72-35-22-21-28-64(83)75-58(43-49(7)8)70(88)77-59(44-50(9)10)69(87)74-51(42-48(5)6)34-41-96(11,90)91/h16-17,24-25,30-34,41,45-46,48-51,58-60H,12-15,18-23,26-29,35-40,42-44,47H2,1-11H3,(H6-,72,73,74,75,76,77,82,83,84,86,87,88,92,93,94)/p+1/b41-34+/t51-,58+,59+,60+/m1/s1. The molecule has 4 atom stereocenters. The molecule has 536 valence electrons. The summed E-state index contributed by atoms with van der Waals surface area (Å²) < 4.78 is 63.8. The van der Waals surface area contributed by atoms with Crippen molar-refractivity contribution in [3.8, 4) is 11.1 Å². The van der Waals surface area contributed by atoms with Crippen molar-refractivity contribution < 1.29 is 64.2 Å². The molecule has 24 nitrogen and oxygen atoms in total. The summed E-state index contributed by atoms with van der Waals surface area (Å²) in [6.07, 6.45) is 5.85. The number of carbonyl (C=O) groups is 8. The molecule has 1 fully saturated rings. The monoisotopic (exact) mass is 1390 g/mol. The first kappa shape index (κ1) is 80.0. The highest BCUT2D eigenvalue weighted by Gasteiger charge is 2.33. The Kier molecular flexibility index (Phi) is 32.2. The van der Waals surface area contributed by atoms with Gasteiger partial charge in [-0.3, -0.25) is 42.9 Å². The number of nitrogens with one attached hydrogen (secondary N) is 6. The van der Waals surface area contributed by atoms with E-state index >= 15 is 0 Å². The number of benzene rings is 3. The topological polar surface area (TPSA) is 322 Å². The van der Waals surface area contributed by atoms with Gasteiger partial charge < -0.3 is 51.5 Å². The molecule has 26 heteroatoms. The Morgan fingerprint density at radius 3 is 1.53 bits per heavy atom. The number of fused-ring (bicyclic) bond motifs is 2. The molecule has 5 rings (SSSR count). The van der Waals surface area contributed by atoms with E-state index in [9.17, 15) is 59.7 Å². The molecule has 1 aliphatic rings. The Hall–Kier alpha value is -7.71. The van der Waals surface area contributed by atoms with Crippen LogP contribution in [-0.4, -0.2) is 180 Å². The molecule has 1 aliphatic heterocycles. The number of piperazine rings is 1. The van der Waals surface area contributed by atoms with Crippen molar-refractivity contribution in [3.05, 3.63) is 77.7 Å². The van der Waals surface area contributed by atoms with Gasteiger partial charge in [-0.15, -0.1) is 0 Å². The number of hydrogen-bond donors (Lipinski definition) is 7. The zero-order valence-electron chi connectivity index (χ0n) is 58.8. The molecule has 2 heterocycles. The average molecular weight is 1390 g/mol. The number of carbonyl (C=O) groups excluding carboxylic acids is 8. The van der Waals surface area contributed by atoms with Crippen LogP contribution in [-0.2, 0) is 53.5 Å². The van der Waals surface area contributed by atoms with Crippen LogP contribution in [0.3, 0.4) is 0 Å². The maximum atomic E-state index is 14.6. The van der Waals surface area contributed by atoms with Crippen LogP contribution in [0.1, 0.15) is 163 Å². The lowest BCUT2D eigenvalue weighted by molar-refractivity contribution is -0.133. The van der Waals surface area contributed by atoms with Crippen molar-refractivity contribution in [1.82, 2.24) is 41.7 Å². The second-order valence-corrected chi connectivity index (χ2v) is 29.8. The molecule has 7 N–H and O–H groups in total. The number of anilines is 2. The van der Waals surface area contributed by atoms with E-state index in [1.807, 2.05) is 65.8 Å². The fraction of sp³-hybridized carbons (Fsp3) is 0.592. The molecule has 0 saturated carbocycles. The van der Waals surface area contributed by atoms with Crippen LogP contribution in [0, 0.1) is 17.8 Å². The first-order valence-corrected chi connectivity index (χ1v) is 38.1. The SMILES string of the molecule is CCN(CC)c1ccc2c(-c3ccccc3C(=O)N3CCN(C(=O)CCCCC(=O)N[C@@H](CS(=O)(=O)O)C(=O)NCCCCC(=O)NCCCCC(=O)N[C@@H](CC(C)C)C(=O)N[C@@H](CC(C)C)C(=O)N[C@H](/C=C/S(C)(=O)=O)CC(C)C)CC3)c3ccc(N(CC)CC)cc3[o+]c2c1. The Labute approximate surface area is 574 Å². The third-order valence-electron chi connectivity index (χ3n) is 17.0. The highest BCUT2D eigenvalue weighted by atomic mass is 32.2. The Bertz CT molecular complexity index is 3510. The molecule has 0 unspecified atom stereocenters. The summed E-state index contributed by atoms with van der Waals surface area (Å²) >= 11 is 0. The minimum absolute atomic E-state index is 0.0168. The Morgan fingerprint density at radius 2 is 1.01 bits per heavy atom. The van der Waals surface area contributed by atoms with Gasteiger partial charge in [-0.1, -0.05) is 65.8 Å². The largest absolute Gasteiger partial charge is 0.372 e. The quantitative estimate of drug-likeness (QED) is 0.00955. The van der Waals surface area contributed by atoms with Gasteiger partial charge in [0.2, 0.25) is 41.4 Å². The first-order chi connectivity index (χ1) is 45.9. The van der Waals surface area contributed by atoms with Crippen molar-refractivity contribution in [1.29, 1.82) is 0 Å². The lowest BCUT2D eigenvalue weighted by Gasteiger charge is -2.35. The average Bonchev–Trinajstić information content (AvgIpc) is 0.745. The number of rotatable bonds is 40. The molecule has 4 aromatic rings. The molecule has 0 aliphatic carbocycles. The zero-order chi connectivity index (χ0) is 71.6. The lowest BCUT2D eigenvalue weighted by atomic mass is 9.92. The van der Waals surface area contributed by atoms with Crippen LogP contribution in [0.15, 0.2) is 76.6 Å². The van der Waals surface area contributed by atoms with Gasteiger partial charge in [-0.2, -0.15) is 8.42 Å². The van der Waals surface area contributed by atoms with E-state index in [0.717, 1.165) is 71.1 Å². The lowest BCUT2D eigenvalue weighted by Crippen LogP contribution is -2.55. The summed E-state index contributed by atoms with van der Waals surface area (Å²) in [5.74, 6) is -4.31. The summed E-state index contributed by atoms with van der Waals surface area (Å²) in [5, 5.41) is 19.1. The van der Waals surface area contributed by atoms with E-state index in [-0.39, 0.29) is 86.6 Å². The molecule has 1 aromatic heterocycles. The summed E-state index contributed by atoms with van der Waals surface area (Å²) in [7, 11) is -8.15. The van der Waals surface area contributed by atoms with Gasteiger partial charge in [0.25, 0.3) is 16.0 Å². The van der Waals surface area contributed by atoms with Gasteiger partial charge in [0.05, 0.1) is 22.9 Å². The summed E-state index contributed by atoms with van der Waals surface area (Å²) in [4.78, 5) is 115. The van der Waals surface area contributed by atoms with Crippen LogP contribution in [0.25, 0.3) is 33.1 Å². The van der Waals surface area contributed by atoms with E-state index in [4.69, 9.17) is 4.42 Å². The van der Waals surface area contributed by atoms with Crippen molar-refractivity contribution in [2.45, 2.75) is 177 Å². The maximum Gasteiger partial charge on any atom is 0.363 e. The Balaban J connectivity index is 1.02. The minimum atomic E-state index is -4.70. The third-order valence-corrected chi connectivity index (χ3v) is 18.4. The summed E-state index contributed by atoms with van der Waals surface area (Å²) in [6, 6.07) is 16.0. The van der Waals surface area contributed by atoms with Crippen molar-refractivity contribution in [3.63, 3.8) is 0 Å². The normalized spacial score (nSPS) is 14.1. The molecule has 3 aromatic carbocycles. The highest BCUT2D eigenvalue weighted by molar-refractivity contribution is 7.93. The van der Waals surface area contributed by atoms with Gasteiger partial charge >= 0.3 is 11.2 Å². The van der Waals surface area contributed by atoms with E-state index in [1.54, 1.807) is 9.80 Å². The number of hydrogen-bond acceptors (Lipinski definition) is 14. The predicted octanol–water partition coefficient (Wildman–Crippen LogP) is 8.17. The highest BCUT2D eigenvalue weighted by Crippen LogP contribution is 2.41. The second-order valence-electron chi connectivity index (χ2n) is 26.4. The number of nitrogens with zero attached hydrogens (tertiary/aromatic N) is 4. The van der Waals surface area contributed by atoms with E-state index in [1.165, 1.54) is 6.08 Å². The second kappa shape index (κ2) is 39.0. The van der Waals surface area contributed by atoms with E-state index in [2.05, 4.69) is 106 Å². The number of unbranched alkanes of at least 4 members (excludes halogenated alkanes) is 3. The van der Waals surface area contributed by atoms with Crippen LogP contribution in [0.2, 0.25) is 0 Å². The van der Waals surface area contributed by atoms with Crippen molar-refractivity contribution >= 4 is 101 Å². The maximum absolute atomic E-state index is 14.6. The van der Waals surface area contributed by atoms with Gasteiger partial charge in [0, 0.05) is 131 Å². The molecular weight excluding hydrogens is 1280 g/mol. The van der Waals surface area contributed by atoms with Crippen LogP contribution in [0.4, 0.5) is 11.4 Å². The zero-order valence-corrected chi connectivity index (χ0v) is 60.4. The van der Waals surface area contributed by atoms with Gasteiger partial charge in [-0.05, 0) is 139 Å². The molecule has 97 heavy (non-hydrogen) atoms. The molecule has 8 amide bonds. The molecular formula is C71H107N10O14S2+. The fourth-order valence-electron chi connectivity index (χ4n) is 12.0. The molecule has 0 bridgehead atoms.